The molecule has 11 heteroatoms. The number of halogens is 1. The van der Waals surface area contributed by atoms with Gasteiger partial charge in [0.1, 0.15) is 29.8 Å². The summed E-state index contributed by atoms with van der Waals surface area (Å²) in [6, 6.07) is 6.28. The highest BCUT2D eigenvalue weighted by Crippen LogP contribution is 2.30. The molecule has 1 aromatic heterocycles. The number of hydrogen-bond acceptors (Lipinski definition) is 9. The van der Waals surface area contributed by atoms with E-state index in [1.807, 2.05) is 27.7 Å². The molecule has 0 radical (unpaired) electrons. The minimum Gasteiger partial charge on any atom is -0.493 e. The van der Waals surface area contributed by atoms with Crippen LogP contribution in [0, 0.1) is 17.7 Å². The summed E-state index contributed by atoms with van der Waals surface area (Å²) >= 11 is 0. The van der Waals surface area contributed by atoms with Crippen LogP contribution in [-0.2, 0) is 19.1 Å². The first kappa shape index (κ1) is 33.3. The van der Waals surface area contributed by atoms with Crippen molar-refractivity contribution in [1.29, 1.82) is 0 Å². The lowest BCUT2D eigenvalue weighted by Crippen LogP contribution is -2.47. The lowest BCUT2D eigenvalue weighted by Gasteiger charge is -2.32. The number of amides is 1. The Kier molecular flexibility index (Phi) is 13.3. The molecular formula is C30H41FN2O8. The van der Waals surface area contributed by atoms with Crippen LogP contribution in [0.2, 0.25) is 0 Å². The minimum atomic E-state index is -1.02. The Hall–Kier alpha value is -3.89. The summed E-state index contributed by atoms with van der Waals surface area (Å²) in [7, 11) is 1.39. The number of rotatable bonds is 16. The largest absolute Gasteiger partial charge is 0.493 e. The number of benzene rings is 1. The van der Waals surface area contributed by atoms with E-state index in [2.05, 4.69) is 10.3 Å². The summed E-state index contributed by atoms with van der Waals surface area (Å²) in [5, 5.41) is 2.70. The van der Waals surface area contributed by atoms with Crippen LogP contribution >= 0.6 is 0 Å². The first-order chi connectivity index (χ1) is 19.5. The highest BCUT2D eigenvalue weighted by molar-refractivity contribution is 5.98. The molecule has 0 saturated heterocycles. The number of methoxy groups -OCH3 is 1. The Morgan fingerprint density at radius 2 is 1.78 bits per heavy atom. The zero-order valence-electron chi connectivity index (χ0n) is 24.8. The number of nitrogens with zero attached hydrogens (tertiary/aromatic N) is 1. The van der Waals surface area contributed by atoms with Gasteiger partial charge in [0.05, 0.1) is 7.11 Å². The molecule has 0 aliphatic carbocycles. The molecule has 1 heterocycles. The van der Waals surface area contributed by atoms with Gasteiger partial charge in [0.2, 0.25) is 6.79 Å². The third-order valence-corrected chi connectivity index (χ3v) is 6.41. The van der Waals surface area contributed by atoms with Gasteiger partial charge in [-0.15, -0.1) is 0 Å². The third kappa shape index (κ3) is 10.2. The molecule has 0 spiro atoms. The van der Waals surface area contributed by atoms with Gasteiger partial charge in [-0.25, -0.2) is 14.2 Å². The molecule has 0 unspecified atom stereocenters. The quantitative estimate of drug-likeness (QED) is 0.215. The first-order valence-corrected chi connectivity index (χ1v) is 13.7. The maximum atomic E-state index is 13.8. The predicted octanol–water partition coefficient (Wildman–Crippen LogP) is 5.09. The van der Waals surface area contributed by atoms with Crippen LogP contribution in [0.1, 0.15) is 71.3 Å². The summed E-state index contributed by atoms with van der Waals surface area (Å²) in [6.45, 7) is 10.3. The molecule has 1 aromatic carbocycles. The van der Waals surface area contributed by atoms with Crippen molar-refractivity contribution in [3.63, 3.8) is 0 Å². The molecule has 2 rings (SSSR count). The molecule has 3 atom stereocenters. The van der Waals surface area contributed by atoms with Crippen LogP contribution in [-0.4, -0.2) is 55.0 Å². The molecular weight excluding hydrogens is 535 g/mol. The molecule has 41 heavy (non-hydrogen) atoms. The van der Waals surface area contributed by atoms with Crippen molar-refractivity contribution in [2.45, 2.75) is 79.1 Å². The minimum absolute atomic E-state index is 0.0251. The Bertz CT molecular complexity index is 1160. The summed E-state index contributed by atoms with van der Waals surface area (Å²) in [6.07, 6.45) is 1.89. The summed E-state index contributed by atoms with van der Waals surface area (Å²) in [5.74, 6) is -1.82. The van der Waals surface area contributed by atoms with Gasteiger partial charge in [-0.1, -0.05) is 33.8 Å². The van der Waals surface area contributed by atoms with E-state index < -0.39 is 48.7 Å². The second kappa shape index (κ2) is 16.4. The van der Waals surface area contributed by atoms with E-state index in [1.54, 1.807) is 19.1 Å². The van der Waals surface area contributed by atoms with Gasteiger partial charge in [0, 0.05) is 25.3 Å². The zero-order chi connectivity index (χ0) is 30.5. The molecule has 10 nitrogen and oxygen atoms in total. The van der Waals surface area contributed by atoms with E-state index in [0.29, 0.717) is 5.75 Å². The first-order valence-electron chi connectivity index (χ1n) is 13.7. The van der Waals surface area contributed by atoms with Crippen LogP contribution < -0.4 is 19.5 Å². The third-order valence-electron chi connectivity index (χ3n) is 6.41. The highest BCUT2D eigenvalue weighted by atomic mass is 19.1. The van der Waals surface area contributed by atoms with E-state index in [1.165, 1.54) is 38.4 Å². The van der Waals surface area contributed by atoms with Crippen molar-refractivity contribution >= 4 is 17.8 Å². The molecule has 226 valence electrons. The molecule has 0 bridgehead atoms. The Balaban J connectivity index is 2.27. The van der Waals surface area contributed by atoms with Gasteiger partial charge < -0.3 is 29.0 Å². The maximum absolute atomic E-state index is 13.8. The van der Waals surface area contributed by atoms with Gasteiger partial charge in [-0.05, 0) is 50.2 Å². The standard InChI is InChI=1S/C30H41FN2O8/c1-8-21(9-2)27(41-23-12-10-11-22(31)16-23)19(5)40-30(36)24(15-18(3)4)33-29(35)26-28(39-17-38-20(6)34)25(37-7)13-14-32-26/h10-14,16,18-19,21,24,27H,8-9,15,17H2,1-7H3,(H,33,35)/t19-,24-,27+/m0/s1. The highest BCUT2D eigenvalue weighted by Gasteiger charge is 2.33. The van der Waals surface area contributed by atoms with Crippen molar-refractivity contribution in [1.82, 2.24) is 10.3 Å². The van der Waals surface area contributed by atoms with Gasteiger partial charge in [-0.3, -0.25) is 9.59 Å². The average Bonchev–Trinajstić information content (AvgIpc) is 2.92. The van der Waals surface area contributed by atoms with Gasteiger partial charge in [-0.2, -0.15) is 0 Å². The smallest absolute Gasteiger partial charge is 0.329 e. The van der Waals surface area contributed by atoms with Crippen molar-refractivity contribution < 1.29 is 42.5 Å². The normalized spacial score (nSPS) is 13.2. The topological polar surface area (TPSA) is 122 Å². The average molecular weight is 577 g/mol. The van der Waals surface area contributed by atoms with Gasteiger partial charge in [0.15, 0.2) is 17.2 Å². The fourth-order valence-electron chi connectivity index (χ4n) is 4.33. The van der Waals surface area contributed by atoms with E-state index in [0.717, 1.165) is 12.8 Å². The summed E-state index contributed by atoms with van der Waals surface area (Å²) < 4.78 is 41.4. The lowest BCUT2D eigenvalue weighted by molar-refractivity contribution is -0.157. The van der Waals surface area contributed by atoms with Crippen molar-refractivity contribution in [2.24, 2.45) is 11.8 Å². The number of hydrogen-bond donors (Lipinski definition) is 1. The van der Waals surface area contributed by atoms with Crippen LogP contribution in [0.4, 0.5) is 4.39 Å². The number of nitrogens with one attached hydrogen (secondary N) is 1. The molecule has 1 amide bonds. The van der Waals surface area contributed by atoms with Crippen LogP contribution in [0.15, 0.2) is 36.5 Å². The van der Waals surface area contributed by atoms with Gasteiger partial charge >= 0.3 is 11.9 Å². The molecule has 0 aliphatic heterocycles. The SMILES string of the molecule is CCC(CC)[C@H](Oc1cccc(F)c1)[C@H](C)OC(=O)[C@H](CC(C)C)NC(=O)c1nccc(OC)c1OCOC(C)=O. The van der Waals surface area contributed by atoms with Gasteiger partial charge in [0.25, 0.3) is 5.91 Å². The molecule has 0 aliphatic rings. The molecule has 0 fully saturated rings. The second-order valence-corrected chi connectivity index (χ2v) is 10.0. The van der Waals surface area contributed by atoms with E-state index in [9.17, 15) is 18.8 Å². The number of aromatic nitrogens is 1. The fourth-order valence-corrected chi connectivity index (χ4v) is 4.33. The number of pyridine rings is 1. The zero-order valence-corrected chi connectivity index (χ0v) is 24.8. The fraction of sp³-hybridized carbons (Fsp3) is 0.533. The van der Waals surface area contributed by atoms with Crippen LogP contribution in [0.25, 0.3) is 0 Å². The van der Waals surface area contributed by atoms with Crippen molar-refractivity contribution in [3.8, 4) is 17.2 Å². The number of carbonyl (C=O) groups is 3. The van der Waals surface area contributed by atoms with Crippen molar-refractivity contribution in [2.75, 3.05) is 13.9 Å². The number of esters is 2. The molecule has 0 saturated carbocycles. The maximum Gasteiger partial charge on any atom is 0.329 e. The second-order valence-electron chi connectivity index (χ2n) is 10.0. The summed E-state index contributed by atoms with van der Waals surface area (Å²) in [4.78, 5) is 42.0. The van der Waals surface area contributed by atoms with E-state index in [-0.39, 0.29) is 35.4 Å². The van der Waals surface area contributed by atoms with E-state index in [4.69, 9.17) is 23.7 Å². The molecule has 1 N–H and O–H groups in total. The summed E-state index contributed by atoms with van der Waals surface area (Å²) in [5.41, 5.74) is -0.157. The van der Waals surface area contributed by atoms with E-state index >= 15 is 0 Å². The number of carbonyl (C=O) groups excluding carboxylic acids is 3. The van der Waals surface area contributed by atoms with Crippen LogP contribution in [0.3, 0.4) is 0 Å². The predicted molar refractivity (Wildman–Crippen MR) is 149 cm³/mol. The molecule has 2 aromatic rings. The number of ether oxygens (including phenoxy) is 5. The van der Waals surface area contributed by atoms with Crippen molar-refractivity contribution in [3.05, 3.63) is 48.0 Å². The monoisotopic (exact) mass is 576 g/mol. The Morgan fingerprint density at radius 1 is 1.07 bits per heavy atom. The Labute approximate surface area is 240 Å². The lowest BCUT2D eigenvalue weighted by atomic mass is 9.93. The Morgan fingerprint density at radius 3 is 2.37 bits per heavy atom. The van der Waals surface area contributed by atoms with Crippen LogP contribution in [0.5, 0.6) is 17.2 Å².